The molecule has 1 aliphatic heterocycles. The molecule has 0 saturated carbocycles. The van der Waals surface area contributed by atoms with Crippen LogP contribution in [-0.2, 0) is 6.42 Å². The number of carbonyl (C=O) groups excluding carboxylic acids is 2. The molecule has 3 aromatic carbocycles. The van der Waals surface area contributed by atoms with Crippen LogP contribution in [0.15, 0.2) is 84.2 Å². The number of hydrogen-bond donors (Lipinski definition) is 2. The summed E-state index contributed by atoms with van der Waals surface area (Å²) in [6.45, 7) is 5.52. The largest absolute Gasteiger partial charge is 0.497 e. The fraction of sp³-hybridized carbons (Fsp3) is 0.343. The molecule has 1 fully saturated rings. The Labute approximate surface area is 258 Å². The minimum atomic E-state index is -0.176. The second kappa shape index (κ2) is 14.4. The summed E-state index contributed by atoms with van der Waals surface area (Å²) in [7, 11) is 1.67. The Morgan fingerprint density at radius 2 is 1.84 bits per heavy atom. The van der Waals surface area contributed by atoms with Crippen molar-refractivity contribution in [2.75, 3.05) is 20.2 Å². The summed E-state index contributed by atoms with van der Waals surface area (Å²) in [4.78, 5) is 33.7. The molecule has 2 amide bonds. The van der Waals surface area contributed by atoms with Gasteiger partial charge in [0.25, 0.3) is 11.8 Å². The standard InChI is InChI=1S/C35H40N4O3S/c1-24-23-43-34(37-24)32-16-9-19-39(32)35(41)29-14-7-13-28(21-29)33(40)38-30(20-26-10-5-4-6-11-26)17-18-36-25(2)27-12-8-15-31(22-27)42-3/h4-8,10-15,21-23,25,30,32,36H,9,16-20H2,1-3H3,(H,38,40)/t25-,30+,32+/m0/s1. The SMILES string of the molecule is COc1cccc([C@H](C)NCC[C@H](Cc2ccccc2)NC(=O)c2cccc(C(=O)N3CCC[C@@H]3c3nc(C)cs3)c2)c1. The quantitative estimate of drug-likeness (QED) is 0.195. The zero-order chi connectivity index (χ0) is 30.2. The van der Waals surface area contributed by atoms with E-state index in [4.69, 9.17) is 4.74 Å². The van der Waals surface area contributed by atoms with Gasteiger partial charge in [0.15, 0.2) is 0 Å². The van der Waals surface area contributed by atoms with Gasteiger partial charge in [-0.25, -0.2) is 4.98 Å². The van der Waals surface area contributed by atoms with E-state index in [9.17, 15) is 9.59 Å². The number of ether oxygens (including phenoxy) is 1. The molecule has 0 aliphatic carbocycles. The minimum absolute atomic E-state index is 0.00852. The molecule has 1 saturated heterocycles. The highest BCUT2D eigenvalue weighted by molar-refractivity contribution is 7.09. The zero-order valence-corrected chi connectivity index (χ0v) is 25.9. The molecule has 1 aromatic heterocycles. The van der Waals surface area contributed by atoms with Gasteiger partial charge in [-0.1, -0.05) is 48.5 Å². The van der Waals surface area contributed by atoms with Crippen molar-refractivity contribution >= 4 is 23.2 Å². The van der Waals surface area contributed by atoms with Gasteiger partial charge in [-0.05, 0) is 87.5 Å². The van der Waals surface area contributed by atoms with Crippen molar-refractivity contribution in [2.45, 2.75) is 57.7 Å². The van der Waals surface area contributed by atoms with E-state index in [1.807, 2.05) is 53.6 Å². The van der Waals surface area contributed by atoms with E-state index in [1.165, 1.54) is 0 Å². The number of hydrogen-bond acceptors (Lipinski definition) is 6. The second-order valence-electron chi connectivity index (χ2n) is 11.2. The second-order valence-corrected chi connectivity index (χ2v) is 12.1. The Morgan fingerprint density at radius 1 is 1.05 bits per heavy atom. The third kappa shape index (κ3) is 7.89. The maximum absolute atomic E-state index is 13.6. The van der Waals surface area contributed by atoms with Crippen LogP contribution < -0.4 is 15.4 Å². The lowest BCUT2D eigenvalue weighted by Crippen LogP contribution is -2.39. The number of nitrogens with zero attached hydrogens (tertiary/aromatic N) is 2. The summed E-state index contributed by atoms with van der Waals surface area (Å²) >= 11 is 1.61. The fourth-order valence-electron chi connectivity index (χ4n) is 5.65. The Kier molecular flexibility index (Phi) is 10.2. The topological polar surface area (TPSA) is 83.6 Å². The number of aryl methyl sites for hydroxylation is 1. The minimum Gasteiger partial charge on any atom is -0.497 e. The molecule has 0 unspecified atom stereocenters. The van der Waals surface area contributed by atoms with Crippen LogP contribution in [0.4, 0.5) is 0 Å². The van der Waals surface area contributed by atoms with Gasteiger partial charge in [0, 0.05) is 40.8 Å². The van der Waals surface area contributed by atoms with Crippen LogP contribution in [0.1, 0.15) is 80.8 Å². The summed E-state index contributed by atoms with van der Waals surface area (Å²) in [5.74, 6) is 0.603. The lowest BCUT2D eigenvalue weighted by Gasteiger charge is -2.24. The van der Waals surface area contributed by atoms with Gasteiger partial charge < -0.3 is 20.3 Å². The maximum atomic E-state index is 13.6. The fourth-order valence-corrected chi connectivity index (χ4v) is 6.59. The molecule has 224 valence electrons. The van der Waals surface area contributed by atoms with Crippen molar-refractivity contribution in [3.05, 3.63) is 117 Å². The molecule has 3 atom stereocenters. The third-order valence-corrected chi connectivity index (χ3v) is 9.07. The molecule has 2 N–H and O–H groups in total. The van der Waals surface area contributed by atoms with Gasteiger partial charge in [0.1, 0.15) is 10.8 Å². The summed E-state index contributed by atoms with van der Waals surface area (Å²) in [6, 6.07) is 25.4. The van der Waals surface area contributed by atoms with Crippen molar-refractivity contribution in [1.29, 1.82) is 0 Å². The molecule has 5 rings (SSSR count). The highest BCUT2D eigenvalue weighted by atomic mass is 32.1. The Balaban J connectivity index is 1.25. The smallest absolute Gasteiger partial charge is 0.254 e. The lowest BCUT2D eigenvalue weighted by atomic mass is 10.0. The third-order valence-electron chi connectivity index (χ3n) is 8.00. The predicted molar refractivity (Wildman–Crippen MR) is 172 cm³/mol. The van der Waals surface area contributed by atoms with E-state index >= 15 is 0 Å². The number of amides is 2. The van der Waals surface area contributed by atoms with Crippen molar-refractivity contribution in [1.82, 2.24) is 20.5 Å². The number of benzene rings is 3. The maximum Gasteiger partial charge on any atom is 0.254 e. The van der Waals surface area contributed by atoms with Crippen LogP contribution in [0.3, 0.4) is 0 Å². The molecule has 0 spiro atoms. The van der Waals surface area contributed by atoms with E-state index in [-0.39, 0.29) is 29.9 Å². The van der Waals surface area contributed by atoms with E-state index in [1.54, 1.807) is 42.7 Å². The Bertz CT molecular complexity index is 1520. The predicted octanol–water partition coefficient (Wildman–Crippen LogP) is 6.52. The molecule has 2 heterocycles. The van der Waals surface area contributed by atoms with Crippen molar-refractivity contribution in [3.63, 3.8) is 0 Å². The van der Waals surface area contributed by atoms with Gasteiger partial charge >= 0.3 is 0 Å². The molecule has 0 radical (unpaired) electrons. The number of rotatable bonds is 12. The van der Waals surface area contributed by atoms with E-state index in [0.717, 1.165) is 53.4 Å². The van der Waals surface area contributed by atoms with E-state index in [0.29, 0.717) is 24.1 Å². The number of carbonyl (C=O) groups is 2. The van der Waals surface area contributed by atoms with Crippen LogP contribution in [0.25, 0.3) is 0 Å². The highest BCUT2D eigenvalue weighted by Gasteiger charge is 2.32. The van der Waals surface area contributed by atoms with Crippen molar-refractivity contribution in [2.24, 2.45) is 0 Å². The van der Waals surface area contributed by atoms with E-state index < -0.39 is 0 Å². The first kappa shape index (κ1) is 30.4. The number of nitrogens with one attached hydrogen (secondary N) is 2. The summed E-state index contributed by atoms with van der Waals surface area (Å²) in [5, 5.41) is 9.86. The van der Waals surface area contributed by atoms with Crippen LogP contribution in [-0.4, -0.2) is 47.9 Å². The molecule has 7 nitrogen and oxygen atoms in total. The number of likely N-dealkylation sites (tertiary alicyclic amines) is 1. The van der Waals surface area contributed by atoms with Crippen LogP contribution in [0, 0.1) is 6.92 Å². The normalized spacial score (nSPS) is 16.1. The zero-order valence-electron chi connectivity index (χ0n) is 25.1. The molecule has 0 bridgehead atoms. The highest BCUT2D eigenvalue weighted by Crippen LogP contribution is 2.34. The Morgan fingerprint density at radius 3 is 2.60 bits per heavy atom. The number of methoxy groups -OCH3 is 1. The summed E-state index contributed by atoms with van der Waals surface area (Å²) in [5.41, 5.74) is 4.31. The molecule has 4 aromatic rings. The first-order valence-electron chi connectivity index (χ1n) is 15.0. The molecular formula is C35H40N4O3S. The molecule has 8 heteroatoms. The van der Waals surface area contributed by atoms with Crippen molar-refractivity contribution in [3.8, 4) is 5.75 Å². The van der Waals surface area contributed by atoms with Crippen molar-refractivity contribution < 1.29 is 14.3 Å². The molecule has 43 heavy (non-hydrogen) atoms. The first-order valence-corrected chi connectivity index (χ1v) is 15.8. The van der Waals surface area contributed by atoms with Gasteiger partial charge in [-0.2, -0.15) is 0 Å². The van der Waals surface area contributed by atoms with Crippen LogP contribution >= 0.6 is 11.3 Å². The molecular weight excluding hydrogens is 556 g/mol. The average Bonchev–Trinajstić information content (AvgIpc) is 3.70. The first-order chi connectivity index (χ1) is 20.9. The average molecular weight is 597 g/mol. The van der Waals surface area contributed by atoms with Crippen LogP contribution in [0.2, 0.25) is 0 Å². The van der Waals surface area contributed by atoms with Gasteiger partial charge in [-0.15, -0.1) is 11.3 Å². The van der Waals surface area contributed by atoms with Gasteiger partial charge in [0.2, 0.25) is 0 Å². The monoisotopic (exact) mass is 596 g/mol. The van der Waals surface area contributed by atoms with Gasteiger partial charge in [-0.3, -0.25) is 9.59 Å². The van der Waals surface area contributed by atoms with Crippen LogP contribution in [0.5, 0.6) is 5.75 Å². The summed E-state index contributed by atoms with van der Waals surface area (Å²) < 4.78 is 5.38. The number of aromatic nitrogens is 1. The lowest BCUT2D eigenvalue weighted by molar-refractivity contribution is 0.0735. The Hall–Kier alpha value is -4.01. The van der Waals surface area contributed by atoms with E-state index in [2.05, 4.69) is 40.7 Å². The molecule has 1 aliphatic rings. The summed E-state index contributed by atoms with van der Waals surface area (Å²) in [6.07, 6.45) is 3.31. The number of thiazole rings is 1. The van der Waals surface area contributed by atoms with Gasteiger partial charge in [0.05, 0.1) is 13.2 Å².